The van der Waals surface area contributed by atoms with Crippen LogP contribution in [-0.4, -0.2) is 18.7 Å². The minimum atomic E-state index is 0.153. The molecule has 1 fully saturated rings. The molecule has 0 saturated carbocycles. The van der Waals surface area contributed by atoms with E-state index in [-0.39, 0.29) is 11.6 Å². The van der Waals surface area contributed by atoms with Crippen LogP contribution < -0.4 is 5.32 Å². The van der Waals surface area contributed by atoms with Crippen LogP contribution in [0.15, 0.2) is 24.3 Å². The van der Waals surface area contributed by atoms with Gasteiger partial charge in [-0.2, -0.15) is 0 Å². The summed E-state index contributed by atoms with van der Waals surface area (Å²) in [4.78, 5) is 0. The molecule has 1 aliphatic rings. The second kappa shape index (κ2) is 5.19. The van der Waals surface area contributed by atoms with Crippen molar-refractivity contribution in [2.75, 3.05) is 13.2 Å². The monoisotopic (exact) mass is 233 g/mol. The van der Waals surface area contributed by atoms with Crippen molar-refractivity contribution in [1.82, 2.24) is 5.32 Å². The zero-order chi connectivity index (χ0) is 12.3. The van der Waals surface area contributed by atoms with Crippen molar-refractivity contribution >= 4 is 0 Å². The van der Waals surface area contributed by atoms with Crippen LogP contribution in [0.4, 0.5) is 0 Å². The molecule has 1 aromatic rings. The summed E-state index contributed by atoms with van der Waals surface area (Å²) in [6.07, 6.45) is 2.41. The highest BCUT2D eigenvalue weighted by Gasteiger charge is 2.29. The van der Waals surface area contributed by atoms with E-state index < -0.39 is 0 Å². The van der Waals surface area contributed by atoms with Crippen LogP contribution in [0, 0.1) is 0 Å². The van der Waals surface area contributed by atoms with Gasteiger partial charge in [0.05, 0.1) is 12.7 Å². The molecule has 2 rings (SSSR count). The number of hydrogen-bond acceptors (Lipinski definition) is 2. The van der Waals surface area contributed by atoms with Crippen molar-refractivity contribution in [2.24, 2.45) is 0 Å². The van der Waals surface area contributed by atoms with Crippen LogP contribution in [0.25, 0.3) is 0 Å². The molecule has 0 aliphatic carbocycles. The molecule has 0 amide bonds. The summed E-state index contributed by atoms with van der Waals surface area (Å²) in [5.74, 6) is 0. The number of rotatable bonds is 3. The molecule has 2 unspecified atom stereocenters. The van der Waals surface area contributed by atoms with Gasteiger partial charge in [-0.3, -0.25) is 0 Å². The van der Waals surface area contributed by atoms with Crippen LogP contribution in [0.5, 0.6) is 0 Å². The molecule has 17 heavy (non-hydrogen) atoms. The molecule has 2 atom stereocenters. The maximum Gasteiger partial charge on any atom is 0.0950 e. The van der Waals surface area contributed by atoms with E-state index >= 15 is 0 Å². The number of benzene rings is 1. The first-order valence-corrected chi connectivity index (χ1v) is 6.62. The van der Waals surface area contributed by atoms with E-state index in [1.165, 1.54) is 11.1 Å². The summed E-state index contributed by atoms with van der Waals surface area (Å²) in [6.45, 7) is 8.32. The molecular formula is C15H23NO. The average molecular weight is 233 g/mol. The van der Waals surface area contributed by atoms with Gasteiger partial charge in [-0.1, -0.05) is 38.1 Å². The van der Waals surface area contributed by atoms with Crippen LogP contribution in [-0.2, 0) is 11.2 Å². The van der Waals surface area contributed by atoms with Crippen LogP contribution in [0.3, 0.4) is 0 Å². The smallest absolute Gasteiger partial charge is 0.0950 e. The Bertz CT molecular complexity index is 350. The van der Waals surface area contributed by atoms with Gasteiger partial charge in [0.15, 0.2) is 0 Å². The average Bonchev–Trinajstić information content (AvgIpc) is 2.40. The zero-order valence-electron chi connectivity index (χ0n) is 11.1. The molecular weight excluding hydrogens is 210 g/mol. The summed E-state index contributed by atoms with van der Waals surface area (Å²) in [5.41, 5.74) is 2.82. The van der Waals surface area contributed by atoms with Gasteiger partial charge in [0.2, 0.25) is 0 Å². The standard InChI is InChI=1S/C15H23NO/c1-4-12-6-8-13(9-7-12)14-10-16-15(3,5-2)11-17-14/h6-9,14,16H,4-5,10-11H2,1-3H3. The summed E-state index contributed by atoms with van der Waals surface area (Å²) >= 11 is 0. The number of ether oxygens (including phenoxy) is 1. The number of morpholine rings is 1. The Morgan fingerprint density at radius 3 is 2.47 bits per heavy atom. The van der Waals surface area contributed by atoms with Gasteiger partial charge in [0.25, 0.3) is 0 Å². The molecule has 1 aromatic carbocycles. The highest BCUT2D eigenvalue weighted by molar-refractivity contribution is 5.25. The summed E-state index contributed by atoms with van der Waals surface area (Å²) in [7, 11) is 0. The minimum absolute atomic E-state index is 0.153. The maximum absolute atomic E-state index is 5.98. The van der Waals surface area contributed by atoms with E-state index in [0.717, 1.165) is 26.0 Å². The third kappa shape index (κ3) is 2.88. The lowest BCUT2D eigenvalue weighted by molar-refractivity contribution is -0.0299. The lowest BCUT2D eigenvalue weighted by Crippen LogP contribution is -2.52. The molecule has 0 radical (unpaired) electrons. The second-order valence-corrected chi connectivity index (χ2v) is 5.19. The van der Waals surface area contributed by atoms with Crippen molar-refractivity contribution in [2.45, 2.75) is 45.3 Å². The van der Waals surface area contributed by atoms with Gasteiger partial charge in [-0.25, -0.2) is 0 Å². The fourth-order valence-electron chi connectivity index (χ4n) is 2.14. The van der Waals surface area contributed by atoms with Gasteiger partial charge >= 0.3 is 0 Å². The van der Waals surface area contributed by atoms with E-state index in [9.17, 15) is 0 Å². The van der Waals surface area contributed by atoms with E-state index in [1.54, 1.807) is 0 Å². The Morgan fingerprint density at radius 1 is 1.29 bits per heavy atom. The fourth-order valence-corrected chi connectivity index (χ4v) is 2.14. The highest BCUT2D eigenvalue weighted by atomic mass is 16.5. The van der Waals surface area contributed by atoms with Gasteiger partial charge in [0, 0.05) is 12.1 Å². The Labute approximate surface area is 104 Å². The van der Waals surface area contributed by atoms with Crippen LogP contribution in [0.2, 0.25) is 0 Å². The molecule has 0 aromatic heterocycles. The lowest BCUT2D eigenvalue weighted by Gasteiger charge is -2.38. The lowest BCUT2D eigenvalue weighted by atomic mass is 9.96. The molecule has 0 bridgehead atoms. The van der Waals surface area contributed by atoms with Crippen molar-refractivity contribution < 1.29 is 4.74 Å². The molecule has 1 aliphatic heterocycles. The van der Waals surface area contributed by atoms with Crippen molar-refractivity contribution in [3.63, 3.8) is 0 Å². The number of hydrogen-bond donors (Lipinski definition) is 1. The van der Waals surface area contributed by atoms with Crippen LogP contribution >= 0.6 is 0 Å². The van der Waals surface area contributed by atoms with Gasteiger partial charge in [-0.05, 0) is 30.9 Å². The third-order valence-corrected chi connectivity index (χ3v) is 3.86. The van der Waals surface area contributed by atoms with E-state index in [1.807, 2.05) is 0 Å². The fraction of sp³-hybridized carbons (Fsp3) is 0.600. The molecule has 1 heterocycles. The zero-order valence-corrected chi connectivity index (χ0v) is 11.1. The molecule has 2 nitrogen and oxygen atoms in total. The predicted molar refractivity (Wildman–Crippen MR) is 71.2 cm³/mol. The molecule has 94 valence electrons. The Hall–Kier alpha value is -0.860. The Kier molecular flexibility index (Phi) is 3.85. The Morgan fingerprint density at radius 2 is 2.00 bits per heavy atom. The SMILES string of the molecule is CCc1ccc(C2CNC(C)(CC)CO2)cc1. The van der Waals surface area contributed by atoms with Crippen molar-refractivity contribution in [3.8, 4) is 0 Å². The molecule has 0 spiro atoms. The predicted octanol–water partition coefficient (Wildman–Crippen LogP) is 3.08. The van der Waals surface area contributed by atoms with Gasteiger partial charge in [-0.15, -0.1) is 0 Å². The van der Waals surface area contributed by atoms with Gasteiger partial charge in [0.1, 0.15) is 0 Å². The normalized spacial score (nSPS) is 29.2. The summed E-state index contributed by atoms with van der Waals surface area (Å²) in [6, 6.07) is 8.79. The summed E-state index contributed by atoms with van der Waals surface area (Å²) in [5, 5.41) is 3.60. The molecule has 1 N–H and O–H groups in total. The van der Waals surface area contributed by atoms with Gasteiger partial charge < -0.3 is 10.1 Å². The summed E-state index contributed by atoms with van der Waals surface area (Å²) < 4.78 is 5.98. The van der Waals surface area contributed by atoms with E-state index in [4.69, 9.17) is 4.74 Å². The topological polar surface area (TPSA) is 21.3 Å². The quantitative estimate of drug-likeness (QED) is 0.866. The van der Waals surface area contributed by atoms with E-state index in [2.05, 4.69) is 50.4 Å². The first-order chi connectivity index (χ1) is 8.17. The molecule has 2 heteroatoms. The van der Waals surface area contributed by atoms with Crippen molar-refractivity contribution in [1.29, 1.82) is 0 Å². The second-order valence-electron chi connectivity index (χ2n) is 5.19. The first-order valence-electron chi connectivity index (χ1n) is 6.62. The van der Waals surface area contributed by atoms with Crippen LogP contribution in [0.1, 0.15) is 44.4 Å². The van der Waals surface area contributed by atoms with Crippen molar-refractivity contribution in [3.05, 3.63) is 35.4 Å². The highest BCUT2D eigenvalue weighted by Crippen LogP contribution is 2.25. The molecule has 1 saturated heterocycles. The van der Waals surface area contributed by atoms with E-state index in [0.29, 0.717) is 0 Å². The maximum atomic E-state index is 5.98. The Balaban J connectivity index is 2.00. The first kappa shape index (κ1) is 12.6. The largest absolute Gasteiger partial charge is 0.370 e. The minimum Gasteiger partial charge on any atom is -0.370 e. The number of aryl methyl sites for hydroxylation is 1. The number of nitrogens with one attached hydrogen (secondary N) is 1. The third-order valence-electron chi connectivity index (χ3n) is 3.86.